The molecule has 5 heteroatoms. The second-order valence-corrected chi connectivity index (χ2v) is 4.13. The quantitative estimate of drug-likeness (QED) is 0.508. The number of carbonyl (C=O) groups is 2. The van der Waals surface area contributed by atoms with Crippen LogP contribution in [0.2, 0.25) is 0 Å². The predicted octanol–water partition coefficient (Wildman–Crippen LogP) is -0.126. The van der Waals surface area contributed by atoms with Crippen molar-refractivity contribution in [1.29, 1.82) is 0 Å². The molecular weight excluding hydrogens is 206 g/mol. The Kier molecular flexibility index (Phi) is 8.52. The Bertz CT molecular complexity index is 217. The second-order valence-electron chi connectivity index (χ2n) is 4.13. The summed E-state index contributed by atoms with van der Waals surface area (Å²) >= 11 is 0. The van der Waals surface area contributed by atoms with E-state index in [1.54, 1.807) is 7.05 Å². The summed E-state index contributed by atoms with van der Waals surface area (Å²) in [7, 11) is 1.60. The normalized spacial score (nSPS) is 10.2. The highest BCUT2D eigenvalue weighted by molar-refractivity contribution is 5.78. The minimum absolute atomic E-state index is 0.0162. The summed E-state index contributed by atoms with van der Waals surface area (Å²) < 4.78 is 0. The molecule has 0 aromatic rings. The first-order chi connectivity index (χ1) is 7.56. The van der Waals surface area contributed by atoms with Crippen molar-refractivity contribution >= 4 is 11.8 Å². The van der Waals surface area contributed by atoms with E-state index in [1.165, 1.54) is 0 Å². The molecule has 16 heavy (non-hydrogen) atoms. The zero-order valence-corrected chi connectivity index (χ0v) is 10.4. The molecule has 0 aromatic carbocycles. The molecule has 94 valence electrons. The van der Waals surface area contributed by atoms with E-state index in [2.05, 4.69) is 29.8 Å². The molecule has 0 heterocycles. The minimum Gasteiger partial charge on any atom is -0.359 e. The first-order valence-electron chi connectivity index (χ1n) is 5.74. The summed E-state index contributed by atoms with van der Waals surface area (Å²) in [5.41, 5.74) is 0. The molecule has 0 fully saturated rings. The highest BCUT2D eigenvalue weighted by Crippen LogP contribution is 1.95. The minimum atomic E-state index is -0.0206. The smallest absolute Gasteiger partial charge is 0.233 e. The van der Waals surface area contributed by atoms with Gasteiger partial charge >= 0.3 is 0 Å². The van der Waals surface area contributed by atoms with Crippen LogP contribution in [-0.4, -0.2) is 38.5 Å². The first-order valence-corrected chi connectivity index (χ1v) is 5.74. The van der Waals surface area contributed by atoms with E-state index < -0.39 is 0 Å². The molecule has 0 spiro atoms. The van der Waals surface area contributed by atoms with Crippen LogP contribution in [0.1, 0.15) is 26.7 Å². The van der Waals surface area contributed by atoms with Gasteiger partial charge in [0.15, 0.2) is 0 Å². The predicted molar refractivity (Wildman–Crippen MR) is 64.0 cm³/mol. The lowest BCUT2D eigenvalue weighted by molar-refractivity contribution is -0.122. The second kappa shape index (κ2) is 9.15. The van der Waals surface area contributed by atoms with Crippen molar-refractivity contribution in [3.63, 3.8) is 0 Å². The number of amides is 2. The summed E-state index contributed by atoms with van der Waals surface area (Å²) in [6.07, 6.45) is 1.39. The van der Waals surface area contributed by atoms with Crippen LogP contribution in [0.25, 0.3) is 0 Å². The van der Waals surface area contributed by atoms with Crippen molar-refractivity contribution in [2.45, 2.75) is 26.7 Å². The van der Waals surface area contributed by atoms with E-state index in [4.69, 9.17) is 0 Å². The highest BCUT2D eigenvalue weighted by atomic mass is 16.2. The molecule has 0 atom stereocenters. The Morgan fingerprint density at radius 1 is 1.12 bits per heavy atom. The third-order valence-electron chi connectivity index (χ3n) is 2.14. The number of hydrogen-bond acceptors (Lipinski definition) is 3. The molecule has 0 rings (SSSR count). The Balaban J connectivity index is 3.34. The summed E-state index contributed by atoms with van der Waals surface area (Å²) in [4.78, 5) is 22.1. The largest absolute Gasteiger partial charge is 0.359 e. The van der Waals surface area contributed by atoms with E-state index in [0.29, 0.717) is 25.4 Å². The topological polar surface area (TPSA) is 70.2 Å². The lowest BCUT2D eigenvalue weighted by Crippen LogP contribution is -2.36. The van der Waals surface area contributed by atoms with Crippen LogP contribution in [0.15, 0.2) is 0 Å². The van der Waals surface area contributed by atoms with Crippen molar-refractivity contribution in [3.05, 3.63) is 0 Å². The highest BCUT2D eigenvalue weighted by Gasteiger charge is 2.02. The van der Waals surface area contributed by atoms with Crippen LogP contribution >= 0.6 is 0 Å². The Labute approximate surface area is 97.4 Å². The van der Waals surface area contributed by atoms with Gasteiger partial charge in [0.2, 0.25) is 11.8 Å². The number of carbonyl (C=O) groups excluding carboxylic acids is 2. The third kappa shape index (κ3) is 9.45. The average molecular weight is 229 g/mol. The molecule has 0 saturated carbocycles. The molecule has 0 radical (unpaired) electrons. The zero-order chi connectivity index (χ0) is 12.4. The van der Waals surface area contributed by atoms with Crippen LogP contribution in [0.4, 0.5) is 0 Å². The molecular formula is C11H23N3O2. The van der Waals surface area contributed by atoms with Gasteiger partial charge in [0.25, 0.3) is 0 Å². The van der Waals surface area contributed by atoms with Gasteiger partial charge in [-0.1, -0.05) is 13.8 Å². The van der Waals surface area contributed by atoms with Crippen LogP contribution in [0.5, 0.6) is 0 Å². The van der Waals surface area contributed by atoms with Gasteiger partial charge in [-0.15, -0.1) is 0 Å². The standard InChI is InChI=1S/C11H23N3O2/c1-9(2)4-7-14-11(16)8-13-6-5-10(15)12-3/h9,13H,4-8H2,1-3H3,(H,12,15)(H,14,16). The number of rotatable bonds is 8. The maximum absolute atomic E-state index is 11.3. The fourth-order valence-electron chi connectivity index (χ4n) is 1.09. The zero-order valence-electron chi connectivity index (χ0n) is 10.4. The van der Waals surface area contributed by atoms with Crippen molar-refractivity contribution in [3.8, 4) is 0 Å². The molecule has 0 unspecified atom stereocenters. The summed E-state index contributed by atoms with van der Waals surface area (Å²) in [5.74, 6) is 0.562. The maximum Gasteiger partial charge on any atom is 0.233 e. The lowest BCUT2D eigenvalue weighted by atomic mass is 10.1. The van der Waals surface area contributed by atoms with Crippen molar-refractivity contribution in [1.82, 2.24) is 16.0 Å². The van der Waals surface area contributed by atoms with E-state index in [9.17, 15) is 9.59 Å². The molecule has 0 aliphatic carbocycles. The number of nitrogens with one attached hydrogen (secondary N) is 3. The molecule has 5 nitrogen and oxygen atoms in total. The van der Waals surface area contributed by atoms with Gasteiger partial charge in [-0.3, -0.25) is 9.59 Å². The van der Waals surface area contributed by atoms with Gasteiger partial charge in [-0.2, -0.15) is 0 Å². The van der Waals surface area contributed by atoms with Gasteiger partial charge in [0, 0.05) is 26.6 Å². The summed E-state index contributed by atoms with van der Waals surface area (Å²) in [6.45, 7) is 5.75. The van der Waals surface area contributed by atoms with E-state index in [1.807, 2.05) is 0 Å². The SMILES string of the molecule is CNC(=O)CCNCC(=O)NCCC(C)C. The van der Waals surface area contributed by atoms with Crippen molar-refractivity contribution in [2.24, 2.45) is 5.92 Å². The summed E-state index contributed by atoms with van der Waals surface area (Å²) in [6, 6.07) is 0. The third-order valence-corrected chi connectivity index (χ3v) is 2.14. The molecule has 0 aliphatic heterocycles. The maximum atomic E-state index is 11.3. The van der Waals surface area contributed by atoms with Crippen LogP contribution in [-0.2, 0) is 9.59 Å². The van der Waals surface area contributed by atoms with Gasteiger partial charge in [-0.05, 0) is 12.3 Å². The molecule has 0 aromatic heterocycles. The van der Waals surface area contributed by atoms with Gasteiger partial charge in [0.1, 0.15) is 0 Å². The van der Waals surface area contributed by atoms with Gasteiger partial charge in [-0.25, -0.2) is 0 Å². The average Bonchev–Trinajstić information content (AvgIpc) is 2.23. The molecule has 0 saturated heterocycles. The fraction of sp³-hybridized carbons (Fsp3) is 0.818. The van der Waals surface area contributed by atoms with Crippen LogP contribution in [0, 0.1) is 5.92 Å². The van der Waals surface area contributed by atoms with Gasteiger partial charge in [0.05, 0.1) is 6.54 Å². The van der Waals surface area contributed by atoms with E-state index in [0.717, 1.165) is 6.42 Å². The number of hydrogen-bond donors (Lipinski definition) is 3. The lowest BCUT2D eigenvalue weighted by Gasteiger charge is -2.07. The Morgan fingerprint density at radius 3 is 2.38 bits per heavy atom. The van der Waals surface area contributed by atoms with E-state index in [-0.39, 0.29) is 18.4 Å². The van der Waals surface area contributed by atoms with Crippen LogP contribution < -0.4 is 16.0 Å². The van der Waals surface area contributed by atoms with Gasteiger partial charge < -0.3 is 16.0 Å². The monoisotopic (exact) mass is 229 g/mol. The molecule has 3 N–H and O–H groups in total. The molecule has 0 aliphatic rings. The Hall–Kier alpha value is -1.10. The van der Waals surface area contributed by atoms with Crippen LogP contribution in [0.3, 0.4) is 0 Å². The van der Waals surface area contributed by atoms with Crippen molar-refractivity contribution < 1.29 is 9.59 Å². The summed E-state index contributed by atoms with van der Waals surface area (Å²) in [5, 5.41) is 8.25. The van der Waals surface area contributed by atoms with Crippen molar-refractivity contribution in [2.75, 3.05) is 26.7 Å². The molecule has 2 amide bonds. The van der Waals surface area contributed by atoms with E-state index >= 15 is 0 Å². The molecule has 0 bridgehead atoms. The first kappa shape index (κ1) is 14.9. The fourth-order valence-corrected chi connectivity index (χ4v) is 1.09. The Morgan fingerprint density at radius 2 is 1.81 bits per heavy atom.